The van der Waals surface area contributed by atoms with E-state index in [0.29, 0.717) is 4.47 Å². The van der Waals surface area contributed by atoms with Crippen molar-refractivity contribution in [3.8, 4) is 0 Å². The predicted molar refractivity (Wildman–Crippen MR) is 90.7 cm³/mol. The standard InChI is InChI=1S/C16H12BrFN2O5/c1-9(15(21)19-13-7-6-10(17)8-12(13)18)25-16(22)11-4-2-3-5-14(11)20(23)24/h2-9H,1H3,(H,19,21). The molecule has 9 heteroatoms. The summed E-state index contributed by atoms with van der Waals surface area (Å²) in [5, 5.41) is 13.2. The van der Waals surface area contributed by atoms with Crippen molar-refractivity contribution in [3.05, 3.63) is 68.4 Å². The molecule has 0 spiro atoms. The van der Waals surface area contributed by atoms with Crippen LogP contribution in [-0.2, 0) is 9.53 Å². The fourth-order valence-electron chi connectivity index (χ4n) is 1.91. The Balaban J connectivity index is 2.08. The first kappa shape index (κ1) is 18.5. The number of carbonyl (C=O) groups is 2. The van der Waals surface area contributed by atoms with E-state index in [1.54, 1.807) is 0 Å². The molecule has 130 valence electrons. The SMILES string of the molecule is CC(OC(=O)c1ccccc1[N+](=O)[O-])C(=O)Nc1ccc(Br)cc1F. The summed E-state index contributed by atoms with van der Waals surface area (Å²) in [6.45, 7) is 1.28. The van der Waals surface area contributed by atoms with Gasteiger partial charge in [-0.15, -0.1) is 0 Å². The van der Waals surface area contributed by atoms with Crippen molar-refractivity contribution in [1.82, 2.24) is 0 Å². The molecule has 0 aromatic heterocycles. The third kappa shape index (κ3) is 4.60. The van der Waals surface area contributed by atoms with E-state index in [9.17, 15) is 24.1 Å². The first-order chi connectivity index (χ1) is 11.8. The van der Waals surface area contributed by atoms with Gasteiger partial charge in [-0.3, -0.25) is 14.9 Å². The molecular weight excluding hydrogens is 399 g/mol. The summed E-state index contributed by atoms with van der Waals surface area (Å²) < 4.78 is 19.2. The lowest BCUT2D eigenvalue weighted by Crippen LogP contribution is -2.30. The lowest BCUT2D eigenvalue weighted by atomic mass is 10.2. The van der Waals surface area contributed by atoms with Crippen molar-refractivity contribution in [1.29, 1.82) is 0 Å². The number of nitro benzene ring substituents is 1. The van der Waals surface area contributed by atoms with Crippen molar-refractivity contribution in [2.45, 2.75) is 13.0 Å². The lowest BCUT2D eigenvalue weighted by molar-refractivity contribution is -0.385. The van der Waals surface area contributed by atoms with Crippen LogP contribution in [0.2, 0.25) is 0 Å². The summed E-state index contributed by atoms with van der Waals surface area (Å²) in [6, 6.07) is 9.25. The quantitative estimate of drug-likeness (QED) is 0.460. The topological polar surface area (TPSA) is 98.5 Å². The van der Waals surface area contributed by atoms with Crippen molar-refractivity contribution < 1.29 is 23.6 Å². The van der Waals surface area contributed by atoms with Crippen LogP contribution in [0.25, 0.3) is 0 Å². The highest BCUT2D eigenvalue weighted by molar-refractivity contribution is 9.10. The highest BCUT2D eigenvalue weighted by atomic mass is 79.9. The van der Waals surface area contributed by atoms with Crippen LogP contribution in [0.15, 0.2) is 46.9 Å². The number of esters is 1. The molecule has 1 amide bonds. The highest BCUT2D eigenvalue weighted by Gasteiger charge is 2.25. The molecule has 0 saturated carbocycles. The average molecular weight is 411 g/mol. The van der Waals surface area contributed by atoms with Gasteiger partial charge < -0.3 is 10.1 Å². The number of hydrogen-bond donors (Lipinski definition) is 1. The molecule has 1 unspecified atom stereocenters. The lowest BCUT2D eigenvalue weighted by Gasteiger charge is -2.14. The Morgan fingerprint density at radius 3 is 2.60 bits per heavy atom. The summed E-state index contributed by atoms with van der Waals surface area (Å²) in [5.74, 6) is -2.46. The fourth-order valence-corrected chi connectivity index (χ4v) is 2.24. The molecule has 2 rings (SSSR count). The van der Waals surface area contributed by atoms with Gasteiger partial charge in [0.05, 0.1) is 10.6 Å². The second kappa shape index (κ2) is 7.84. The summed E-state index contributed by atoms with van der Waals surface area (Å²) in [4.78, 5) is 34.3. The van der Waals surface area contributed by atoms with E-state index in [2.05, 4.69) is 21.2 Å². The van der Waals surface area contributed by atoms with Crippen molar-refractivity contribution in [2.75, 3.05) is 5.32 Å². The highest BCUT2D eigenvalue weighted by Crippen LogP contribution is 2.21. The van der Waals surface area contributed by atoms with Gasteiger partial charge in [0.1, 0.15) is 11.4 Å². The Morgan fingerprint density at radius 1 is 1.28 bits per heavy atom. The van der Waals surface area contributed by atoms with Gasteiger partial charge in [-0.1, -0.05) is 28.1 Å². The zero-order valence-corrected chi connectivity index (χ0v) is 14.4. The maximum atomic E-state index is 13.7. The Labute approximate surface area is 150 Å². The van der Waals surface area contributed by atoms with Crippen LogP contribution in [-0.4, -0.2) is 22.9 Å². The number of benzene rings is 2. The van der Waals surface area contributed by atoms with Crippen molar-refractivity contribution >= 4 is 39.2 Å². The largest absolute Gasteiger partial charge is 0.449 e. The third-order valence-electron chi connectivity index (χ3n) is 3.16. The number of nitrogens with one attached hydrogen (secondary N) is 1. The van der Waals surface area contributed by atoms with E-state index in [1.807, 2.05) is 0 Å². The zero-order valence-electron chi connectivity index (χ0n) is 12.9. The van der Waals surface area contributed by atoms with Gasteiger partial charge in [-0.2, -0.15) is 0 Å². The van der Waals surface area contributed by atoms with Gasteiger partial charge >= 0.3 is 5.97 Å². The summed E-state index contributed by atoms with van der Waals surface area (Å²) >= 11 is 3.09. The minimum Gasteiger partial charge on any atom is -0.449 e. The van der Waals surface area contributed by atoms with Gasteiger partial charge in [0.15, 0.2) is 6.10 Å². The average Bonchev–Trinajstić information content (AvgIpc) is 2.57. The number of para-hydroxylation sites is 1. The smallest absolute Gasteiger partial charge is 0.345 e. The number of rotatable bonds is 5. The van der Waals surface area contributed by atoms with E-state index in [4.69, 9.17) is 4.74 Å². The van der Waals surface area contributed by atoms with E-state index >= 15 is 0 Å². The molecule has 2 aromatic carbocycles. The zero-order chi connectivity index (χ0) is 18.6. The maximum Gasteiger partial charge on any atom is 0.345 e. The minimum atomic E-state index is -1.28. The van der Waals surface area contributed by atoms with Crippen LogP contribution >= 0.6 is 15.9 Å². The van der Waals surface area contributed by atoms with Gasteiger partial charge in [-0.05, 0) is 31.2 Å². The summed E-state index contributed by atoms with van der Waals surface area (Å²) in [7, 11) is 0. The van der Waals surface area contributed by atoms with Gasteiger partial charge in [0.25, 0.3) is 11.6 Å². The third-order valence-corrected chi connectivity index (χ3v) is 3.66. The van der Waals surface area contributed by atoms with E-state index in [0.717, 1.165) is 6.07 Å². The van der Waals surface area contributed by atoms with Gasteiger partial charge in [-0.25, -0.2) is 9.18 Å². The van der Waals surface area contributed by atoms with Crippen LogP contribution in [0.4, 0.5) is 15.8 Å². The van der Waals surface area contributed by atoms with Crippen LogP contribution in [0.3, 0.4) is 0 Å². The molecule has 2 aromatic rings. The Morgan fingerprint density at radius 2 is 1.96 bits per heavy atom. The molecular formula is C16H12BrFN2O5. The number of ether oxygens (including phenoxy) is 1. The van der Waals surface area contributed by atoms with Crippen LogP contribution in [0, 0.1) is 15.9 Å². The van der Waals surface area contributed by atoms with Crippen LogP contribution in [0.5, 0.6) is 0 Å². The first-order valence-electron chi connectivity index (χ1n) is 7.00. The monoisotopic (exact) mass is 410 g/mol. The molecule has 0 aliphatic carbocycles. The van der Waals surface area contributed by atoms with E-state index in [-0.39, 0.29) is 11.3 Å². The molecule has 25 heavy (non-hydrogen) atoms. The van der Waals surface area contributed by atoms with Crippen molar-refractivity contribution in [2.24, 2.45) is 0 Å². The number of carbonyl (C=O) groups excluding carboxylic acids is 2. The molecule has 0 heterocycles. The van der Waals surface area contributed by atoms with Gasteiger partial charge in [0, 0.05) is 10.5 Å². The molecule has 7 nitrogen and oxygen atoms in total. The number of anilines is 1. The Bertz CT molecular complexity index is 843. The summed E-state index contributed by atoms with van der Waals surface area (Å²) in [5.41, 5.74) is -0.789. The Kier molecular flexibility index (Phi) is 5.81. The molecule has 1 N–H and O–H groups in total. The predicted octanol–water partition coefficient (Wildman–Crippen LogP) is 3.68. The molecule has 0 bridgehead atoms. The maximum absolute atomic E-state index is 13.7. The summed E-state index contributed by atoms with van der Waals surface area (Å²) in [6.07, 6.45) is -1.28. The fraction of sp³-hybridized carbons (Fsp3) is 0.125. The molecule has 0 aliphatic heterocycles. The number of amides is 1. The van der Waals surface area contributed by atoms with Crippen LogP contribution < -0.4 is 5.32 Å². The van der Waals surface area contributed by atoms with E-state index in [1.165, 1.54) is 43.3 Å². The molecule has 0 radical (unpaired) electrons. The molecule has 0 aliphatic rings. The van der Waals surface area contributed by atoms with Crippen LogP contribution in [0.1, 0.15) is 17.3 Å². The van der Waals surface area contributed by atoms with Crippen molar-refractivity contribution in [3.63, 3.8) is 0 Å². The molecule has 0 fully saturated rings. The number of halogens is 2. The second-order valence-corrected chi connectivity index (χ2v) is 5.85. The molecule has 1 atom stereocenters. The van der Waals surface area contributed by atoms with E-state index < -0.39 is 34.4 Å². The minimum absolute atomic E-state index is 0.0817. The number of nitro groups is 1. The second-order valence-electron chi connectivity index (χ2n) is 4.94. The number of nitrogens with zero attached hydrogens (tertiary/aromatic N) is 1. The normalized spacial score (nSPS) is 11.5. The van der Waals surface area contributed by atoms with Gasteiger partial charge in [0.2, 0.25) is 0 Å². The Hall–Kier alpha value is -2.81. The first-order valence-corrected chi connectivity index (χ1v) is 7.79. The number of hydrogen-bond acceptors (Lipinski definition) is 5. The molecule has 0 saturated heterocycles.